The molecule has 0 atom stereocenters. The Labute approximate surface area is 103 Å². The minimum Gasteiger partial charge on any atom is -0.391 e. The van der Waals surface area contributed by atoms with Crippen molar-refractivity contribution in [2.75, 3.05) is 25.0 Å². The molecule has 1 amide bonds. The highest BCUT2D eigenvalue weighted by Crippen LogP contribution is 2.28. The summed E-state index contributed by atoms with van der Waals surface area (Å²) in [5.41, 5.74) is 0. The molecule has 2 N–H and O–H groups in total. The van der Waals surface area contributed by atoms with Crippen LogP contribution in [0.15, 0.2) is 0 Å². The van der Waals surface area contributed by atoms with Crippen molar-refractivity contribution in [3.8, 4) is 0 Å². The van der Waals surface area contributed by atoms with Crippen molar-refractivity contribution >= 4 is 34.0 Å². The van der Waals surface area contributed by atoms with Gasteiger partial charge in [0, 0.05) is 13.6 Å². The number of thiazole rings is 1. The van der Waals surface area contributed by atoms with Gasteiger partial charge in [-0.25, -0.2) is 4.98 Å². The molecule has 0 saturated heterocycles. The summed E-state index contributed by atoms with van der Waals surface area (Å²) < 4.78 is 0. The van der Waals surface area contributed by atoms with Gasteiger partial charge in [-0.05, 0) is 6.92 Å². The molecule has 0 bridgehead atoms. The van der Waals surface area contributed by atoms with Crippen LogP contribution in [0.25, 0.3) is 0 Å². The maximum atomic E-state index is 11.3. The van der Waals surface area contributed by atoms with Gasteiger partial charge in [-0.3, -0.25) is 4.79 Å². The topological polar surface area (TPSA) is 65.5 Å². The lowest BCUT2D eigenvalue weighted by molar-refractivity contribution is -0.119. The quantitative estimate of drug-likeness (QED) is 0.827. The van der Waals surface area contributed by atoms with Crippen molar-refractivity contribution < 1.29 is 9.90 Å². The van der Waals surface area contributed by atoms with Crippen LogP contribution >= 0.6 is 22.9 Å². The molecule has 0 unspecified atom stereocenters. The van der Waals surface area contributed by atoms with E-state index < -0.39 is 0 Å². The minimum absolute atomic E-state index is 0.0677. The number of hydrogen-bond donors (Lipinski definition) is 2. The van der Waals surface area contributed by atoms with Crippen LogP contribution in [0, 0.1) is 0 Å². The highest BCUT2D eigenvalue weighted by Gasteiger charge is 2.13. The first-order chi connectivity index (χ1) is 7.58. The molecule has 0 aromatic carbocycles. The van der Waals surface area contributed by atoms with Gasteiger partial charge in [0.15, 0.2) is 5.13 Å². The average Bonchev–Trinajstić information content (AvgIpc) is 2.60. The third kappa shape index (κ3) is 3.33. The molecule has 0 saturated carbocycles. The van der Waals surface area contributed by atoms with Crippen LogP contribution in [0.3, 0.4) is 0 Å². The van der Waals surface area contributed by atoms with E-state index in [1.165, 1.54) is 11.3 Å². The summed E-state index contributed by atoms with van der Waals surface area (Å²) in [7, 11) is 1.76. The van der Waals surface area contributed by atoms with Gasteiger partial charge in [0.1, 0.15) is 5.15 Å². The Morgan fingerprint density at radius 3 is 2.88 bits per heavy atom. The van der Waals surface area contributed by atoms with Gasteiger partial charge >= 0.3 is 0 Å². The van der Waals surface area contributed by atoms with Gasteiger partial charge < -0.3 is 15.3 Å². The van der Waals surface area contributed by atoms with Gasteiger partial charge in [0.2, 0.25) is 5.91 Å². The Morgan fingerprint density at radius 2 is 2.38 bits per heavy atom. The highest BCUT2D eigenvalue weighted by molar-refractivity contribution is 7.16. The number of nitrogens with zero attached hydrogens (tertiary/aromatic N) is 2. The summed E-state index contributed by atoms with van der Waals surface area (Å²) in [6, 6.07) is 0. The average molecular weight is 264 g/mol. The molecular formula is C9H14ClN3O2S. The summed E-state index contributed by atoms with van der Waals surface area (Å²) >= 11 is 7.08. The molecule has 0 radical (unpaired) electrons. The highest BCUT2D eigenvalue weighted by atomic mass is 35.5. The van der Waals surface area contributed by atoms with E-state index in [9.17, 15) is 4.79 Å². The number of hydrogen-bond acceptors (Lipinski definition) is 5. The third-order valence-corrected chi connectivity index (χ3v) is 3.44. The Hall–Kier alpha value is -0.850. The summed E-state index contributed by atoms with van der Waals surface area (Å²) in [6.07, 6.45) is 0. The maximum Gasteiger partial charge on any atom is 0.239 e. The number of amides is 1. The van der Waals surface area contributed by atoms with Crippen LogP contribution in [0.2, 0.25) is 5.15 Å². The van der Waals surface area contributed by atoms with E-state index in [1.54, 1.807) is 11.9 Å². The molecule has 0 aliphatic carbocycles. The summed E-state index contributed by atoms with van der Waals surface area (Å²) in [5, 5.41) is 12.6. The Morgan fingerprint density at radius 1 is 1.69 bits per heavy atom. The van der Waals surface area contributed by atoms with Gasteiger partial charge in [0.05, 0.1) is 18.0 Å². The van der Waals surface area contributed by atoms with Crippen molar-refractivity contribution in [1.29, 1.82) is 0 Å². The summed E-state index contributed by atoms with van der Waals surface area (Å²) in [4.78, 5) is 17.7. The molecular weight excluding hydrogens is 250 g/mol. The van der Waals surface area contributed by atoms with Crippen molar-refractivity contribution in [2.45, 2.75) is 13.5 Å². The first-order valence-corrected chi connectivity index (χ1v) is 6.01. The summed E-state index contributed by atoms with van der Waals surface area (Å²) in [6.45, 7) is 2.56. The molecule has 0 fully saturated rings. The van der Waals surface area contributed by atoms with Crippen molar-refractivity contribution in [3.63, 3.8) is 0 Å². The number of aliphatic hydroxyl groups is 1. The number of nitrogens with one attached hydrogen (secondary N) is 1. The van der Waals surface area contributed by atoms with Gasteiger partial charge in [-0.2, -0.15) is 0 Å². The number of carbonyl (C=O) groups is 1. The first-order valence-electron chi connectivity index (χ1n) is 4.82. The smallest absolute Gasteiger partial charge is 0.239 e. The molecule has 16 heavy (non-hydrogen) atoms. The molecule has 0 aliphatic rings. The lowest BCUT2D eigenvalue weighted by Gasteiger charge is -2.14. The SMILES string of the molecule is CCNC(=O)CN(C)c1nc(Cl)c(CO)s1. The zero-order valence-electron chi connectivity index (χ0n) is 9.16. The number of anilines is 1. The molecule has 1 aromatic rings. The molecule has 90 valence electrons. The van der Waals surface area contributed by atoms with Crippen LogP contribution in [0.4, 0.5) is 5.13 Å². The van der Waals surface area contributed by atoms with E-state index in [0.29, 0.717) is 21.7 Å². The van der Waals surface area contributed by atoms with Crippen molar-refractivity contribution in [2.24, 2.45) is 0 Å². The first kappa shape index (κ1) is 13.2. The predicted molar refractivity (Wildman–Crippen MR) is 65.0 cm³/mol. The van der Waals surface area contributed by atoms with Gasteiger partial charge in [0.25, 0.3) is 0 Å². The van der Waals surface area contributed by atoms with Crippen LogP contribution in [-0.2, 0) is 11.4 Å². The fourth-order valence-corrected chi connectivity index (χ4v) is 2.20. The molecule has 1 heterocycles. The number of rotatable bonds is 5. The molecule has 1 aromatic heterocycles. The van der Waals surface area contributed by atoms with Gasteiger partial charge in [-0.15, -0.1) is 0 Å². The minimum atomic E-state index is -0.133. The largest absolute Gasteiger partial charge is 0.391 e. The third-order valence-electron chi connectivity index (χ3n) is 1.86. The van der Waals surface area contributed by atoms with Crippen LogP contribution in [0.5, 0.6) is 0 Å². The monoisotopic (exact) mass is 263 g/mol. The van der Waals surface area contributed by atoms with Crippen LogP contribution in [0.1, 0.15) is 11.8 Å². The number of aliphatic hydroxyl groups excluding tert-OH is 1. The molecule has 5 nitrogen and oxygen atoms in total. The number of carbonyl (C=O) groups excluding carboxylic acids is 1. The Bertz CT molecular complexity index is 370. The fourth-order valence-electron chi connectivity index (χ4n) is 1.12. The van der Waals surface area contributed by atoms with E-state index in [0.717, 1.165) is 0 Å². The van der Waals surface area contributed by atoms with Gasteiger partial charge in [-0.1, -0.05) is 22.9 Å². The predicted octanol–water partition coefficient (Wildman–Crippen LogP) is 0.861. The van der Waals surface area contributed by atoms with E-state index in [1.807, 2.05) is 6.92 Å². The Balaban J connectivity index is 2.65. The lowest BCUT2D eigenvalue weighted by atomic mass is 10.5. The fraction of sp³-hybridized carbons (Fsp3) is 0.556. The van der Waals surface area contributed by atoms with E-state index >= 15 is 0 Å². The molecule has 1 rings (SSSR count). The Kier molecular flexibility index (Phi) is 4.98. The standard InChI is InChI=1S/C9H14ClN3O2S/c1-3-11-7(15)4-13(2)9-12-8(10)6(5-14)16-9/h14H,3-5H2,1-2H3,(H,11,15). The second-order valence-electron chi connectivity index (χ2n) is 3.18. The lowest BCUT2D eigenvalue weighted by Crippen LogP contribution is -2.34. The van der Waals surface area contributed by atoms with Crippen LogP contribution in [-0.4, -0.2) is 36.1 Å². The molecule has 0 spiro atoms. The number of aromatic nitrogens is 1. The molecule has 7 heteroatoms. The number of halogens is 1. The van der Waals surface area contributed by atoms with E-state index in [-0.39, 0.29) is 19.1 Å². The van der Waals surface area contributed by atoms with Crippen LogP contribution < -0.4 is 10.2 Å². The maximum absolute atomic E-state index is 11.3. The summed E-state index contributed by atoms with van der Waals surface area (Å²) in [5.74, 6) is -0.0677. The second-order valence-corrected chi connectivity index (χ2v) is 4.60. The number of likely N-dealkylation sites (N-methyl/N-ethyl adjacent to an activating group) is 2. The van der Waals surface area contributed by atoms with Crippen molar-refractivity contribution in [1.82, 2.24) is 10.3 Å². The van der Waals surface area contributed by atoms with E-state index in [4.69, 9.17) is 16.7 Å². The van der Waals surface area contributed by atoms with E-state index in [2.05, 4.69) is 10.3 Å². The van der Waals surface area contributed by atoms with Crippen molar-refractivity contribution in [3.05, 3.63) is 10.0 Å². The zero-order valence-corrected chi connectivity index (χ0v) is 10.7. The zero-order chi connectivity index (χ0) is 12.1. The normalized spacial score (nSPS) is 10.2. The molecule has 0 aliphatic heterocycles. The second kappa shape index (κ2) is 6.03.